The minimum absolute atomic E-state index is 0.00870. The van der Waals surface area contributed by atoms with Gasteiger partial charge in [-0.25, -0.2) is 0 Å². The molecular weight excluding hydrogens is 334 g/mol. The van der Waals surface area contributed by atoms with Crippen LogP contribution in [0.3, 0.4) is 0 Å². The third-order valence-corrected chi connectivity index (χ3v) is 4.15. The first-order valence-corrected chi connectivity index (χ1v) is 8.30. The van der Waals surface area contributed by atoms with Gasteiger partial charge in [0, 0.05) is 29.6 Å². The molecule has 2 aromatic carbocycles. The average molecular weight is 353 g/mol. The van der Waals surface area contributed by atoms with E-state index in [-0.39, 0.29) is 23.5 Å². The van der Waals surface area contributed by atoms with Gasteiger partial charge in [0.25, 0.3) is 0 Å². The van der Waals surface area contributed by atoms with Crippen LogP contribution in [0.1, 0.15) is 28.8 Å². The number of aromatic nitrogens is 1. The predicted molar refractivity (Wildman–Crippen MR) is 96.3 cm³/mol. The molecule has 6 nitrogen and oxygen atoms in total. The molecule has 0 fully saturated rings. The Labute approximate surface area is 150 Å². The minimum atomic E-state index is -0.521. The number of rotatable bonds is 7. The maximum atomic E-state index is 12.0. The zero-order chi connectivity index (χ0) is 18.5. The van der Waals surface area contributed by atoms with Crippen molar-refractivity contribution in [2.75, 3.05) is 6.61 Å². The highest BCUT2D eigenvalue weighted by Gasteiger charge is 2.14. The van der Waals surface area contributed by atoms with Crippen LogP contribution in [0.2, 0.25) is 0 Å². The summed E-state index contributed by atoms with van der Waals surface area (Å²) in [6.07, 6.45) is 3.48. The molecule has 0 spiro atoms. The molecule has 6 heteroatoms. The Morgan fingerprint density at radius 3 is 2.69 bits per heavy atom. The van der Waals surface area contributed by atoms with Crippen LogP contribution in [-0.4, -0.2) is 33.6 Å². The summed E-state index contributed by atoms with van der Waals surface area (Å²) in [4.78, 5) is 27.0. The Balaban J connectivity index is 1.46. The van der Waals surface area contributed by atoms with Crippen LogP contribution in [-0.2, 0) is 16.0 Å². The largest absolute Gasteiger partial charge is 0.508 e. The molecule has 0 atom stereocenters. The van der Waals surface area contributed by atoms with Gasteiger partial charge in [-0.2, -0.15) is 0 Å². The Kier molecular flexibility index (Phi) is 5.22. The van der Waals surface area contributed by atoms with Crippen LogP contribution in [0, 0.1) is 0 Å². The zero-order valence-corrected chi connectivity index (χ0v) is 14.1. The molecule has 134 valence electrons. The normalized spacial score (nSPS) is 10.8. The summed E-state index contributed by atoms with van der Waals surface area (Å²) in [5.74, 6) is -1.47. The van der Waals surface area contributed by atoms with Crippen LogP contribution < -0.4 is 0 Å². The number of phenolic OH excluding ortho intramolecular Hbond substituents is 2. The monoisotopic (exact) mass is 353 g/mol. The average Bonchev–Trinajstić information content (AvgIpc) is 3.03. The van der Waals surface area contributed by atoms with E-state index in [9.17, 15) is 19.8 Å². The van der Waals surface area contributed by atoms with Gasteiger partial charge in [0.05, 0.1) is 5.56 Å². The van der Waals surface area contributed by atoms with Crippen LogP contribution in [0.4, 0.5) is 0 Å². The molecule has 3 rings (SSSR count). The van der Waals surface area contributed by atoms with Crippen molar-refractivity contribution in [1.82, 2.24) is 4.98 Å². The fourth-order valence-corrected chi connectivity index (χ4v) is 2.81. The quantitative estimate of drug-likeness (QED) is 0.447. The van der Waals surface area contributed by atoms with E-state index in [4.69, 9.17) is 4.74 Å². The Hall–Kier alpha value is -3.28. The van der Waals surface area contributed by atoms with Gasteiger partial charge in [-0.05, 0) is 36.6 Å². The van der Waals surface area contributed by atoms with Gasteiger partial charge in [0.15, 0.2) is 6.61 Å². The highest BCUT2D eigenvalue weighted by atomic mass is 16.5. The fraction of sp³-hybridized carbons (Fsp3) is 0.200. The van der Waals surface area contributed by atoms with E-state index in [0.717, 1.165) is 29.0 Å². The molecular formula is C20H19NO5. The molecule has 0 bridgehead atoms. The number of aromatic hydroxyl groups is 2. The molecule has 3 N–H and O–H groups in total. The number of carbonyl (C=O) groups is 2. The summed E-state index contributed by atoms with van der Waals surface area (Å²) in [6.45, 7) is -0.440. The topological polar surface area (TPSA) is 99.6 Å². The predicted octanol–water partition coefficient (Wildman–Crippen LogP) is 3.33. The van der Waals surface area contributed by atoms with Crippen molar-refractivity contribution in [3.8, 4) is 11.5 Å². The number of para-hydroxylation sites is 1. The smallest absolute Gasteiger partial charge is 0.306 e. The van der Waals surface area contributed by atoms with Crippen molar-refractivity contribution < 1.29 is 24.5 Å². The van der Waals surface area contributed by atoms with Crippen molar-refractivity contribution in [2.45, 2.75) is 19.3 Å². The van der Waals surface area contributed by atoms with Crippen molar-refractivity contribution in [1.29, 1.82) is 0 Å². The second-order valence-corrected chi connectivity index (χ2v) is 6.00. The van der Waals surface area contributed by atoms with Crippen LogP contribution in [0.15, 0.2) is 48.7 Å². The summed E-state index contributed by atoms with van der Waals surface area (Å²) < 4.78 is 4.98. The maximum Gasteiger partial charge on any atom is 0.306 e. The highest BCUT2D eigenvalue weighted by molar-refractivity contribution is 6.00. The molecule has 3 aromatic rings. The lowest BCUT2D eigenvalue weighted by Crippen LogP contribution is -2.14. The maximum absolute atomic E-state index is 12.0. The first-order chi connectivity index (χ1) is 12.5. The second-order valence-electron chi connectivity index (χ2n) is 6.00. The summed E-state index contributed by atoms with van der Waals surface area (Å²) in [7, 11) is 0. The van der Waals surface area contributed by atoms with Gasteiger partial charge in [-0.1, -0.05) is 18.2 Å². The van der Waals surface area contributed by atoms with Gasteiger partial charge in [-0.3, -0.25) is 9.59 Å². The molecule has 0 unspecified atom stereocenters. The van der Waals surface area contributed by atoms with Gasteiger partial charge >= 0.3 is 5.97 Å². The zero-order valence-electron chi connectivity index (χ0n) is 14.1. The molecule has 0 aliphatic carbocycles. The Bertz CT molecular complexity index is 944. The number of H-pyrrole nitrogens is 1. The SMILES string of the molecule is O=C(CCCc1c[nH]c2ccccc12)OCC(=O)c1ccc(O)cc1O. The molecule has 0 aliphatic rings. The number of phenols is 2. The van der Waals surface area contributed by atoms with Gasteiger partial charge in [0.2, 0.25) is 5.78 Å². The van der Waals surface area contributed by atoms with Crippen LogP contribution >= 0.6 is 0 Å². The van der Waals surface area contributed by atoms with E-state index in [1.54, 1.807) is 0 Å². The van der Waals surface area contributed by atoms with Crippen LogP contribution in [0.25, 0.3) is 10.9 Å². The standard InChI is InChI=1S/C20H19NO5/c22-14-8-9-16(18(23)10-14)19(24)12-26-20(25)7-3-4-13-11-21-17-6-2-1-5-15(13)17/h1-2,5-6,8-11,21-23H,3-4,7,12H2. The summed E-state index contributed by atoms with van der Waals surface area (Å²) in [5, 5.41) is 20.0. The molecule has 0 saturated carbocycles. The Morgan fingerprint density at radius 2 is 1.88 bits per heavy atom. The molecule has 0 radical (unpaired) electrons. The first-order valence-electron chi connectivity index (χ1n) is 8.30. The number of ketones is 1. The van der Waals surface area contributed by atoms with E-state index in [1.165, 1.54) is 12.1 Å². The molecule has 0 saturated heterocycles. The molecule has 0 aliphatic heterocycles. The summed E-state index contributed by atoms with van der Waals surface area (Å²) in [5.41, 5.74) is 2.21. The van der Waals surface area contributed by atoms with Crippen molar-refractivity contribution in [3.05, 3.63) is 59.8 Å². The molecule has 0 amide bonds. The molecule has 26 heavy (non-hydrogen) atoms. The summed E-state index contributed by atoms with van der Waals surface area (Å²) in [6, 6.07) is 11.6. The van der Waals surface area contributed by atoms with Crippen molar-refractivity contribution in [3.63, 3.8) is 0 Å². The molecule has 1 heterocycles. The van der Waals surface area contributed by atoms with E-state index >= 15 is 0 Å². The fourth-order valence-electron chi connectivity index (χ4n) is 2.81. The Morgan fingerprint density at radius 1 is 1.08 bits per heavy atom. The number of hydrogen-bond acceptors (Lipinski definition) is 5. The van der Waals surface area contributed by atoms with Gasteiger partial charge in [0.1, 0.15) is 11.5 Å². The molecule has 1 aromatic heterocycles. The van der Waals surface area contributed by atoms with E-state index in [1.807, 2.05) is 30.5 Å². The van der Waals surface area contributed by atoms with Gasteiger partial charge < -0.3 is 19.9 Å². The lowest BCUT2D eigenvalue weighted by atomic mass is 10.1. The number of esters is 1. The number of aryl methyl sites for hydroxylation is 1. The van der Waals surface area contributed by atoms with Gasteiger partial charge in [-0.15, -0.1) is 0 Å². The van der Waals surface area contributed by atoms with Crippen LogP contribution in [0.5, 0.6) is 11.5 Å². The minimum Gasteiger partial charge on any atom is -0.508 e. The number of benzene rings is 2. The van der Waals surface area contributed by atoms with E-state index in [2.05, 4.69) is 4.98 Å². The third-order valence-electron chi connectivity index (χ3n) is 4.15. The lowest BCUT2D eigenvalue weighted by molar-refractivity contribution is -0.142. The number of fused-ring (bicyclic) bond motifs is 1. The summed E-state index contributed by atoms with van der Waals surface area (Å²) >= 11 is 0. The number of Topliss-reactive ketones (excluding diaryl/α,β-unsaturated/α-hetero) is 1. The first kappa shape index (κ1) is 17.5. The van der Waals surface area contributed by atoms with Crippen molar-refractivity contribution in [2.24, 2.45) is 0 Å². The van der Waals surface area contributed by atoms with E-state index in [0.29, 0.717) is 6.42 Å². The number of nitrogens with one attached hydrogen (secondary N) is 1. The lowest BCUT2D eigenvalue weighted by Gasteiger charge is -2.06. The number of carbonyl (C=O) groups excluding carboxylic acids is 2. The van der Waals surface area contributed by atoms with Crippen molar-refractivity contribution >= 4 is 22.7 Å². The third kappa shape index (κ3) is 4.03. The second kappa shape index (κ2) is 7.74. The highest BCUT2D eigenvalue weighted by Crippen LogP contribution is 2.23. The van der Waals surface area contributed by atoms with E-state index < -0.39 is 18.4 Å². The number of hydrogen-bond donors (Lipinski definition) is 3. The number of ether oxygens (including phenoxy) is 1. The number of aromatic amines is 1.